The number of nitrogens with zero attached hydrogens (tertiary/aromatic N) is 2. The van der Waals surface area contributed by atoms with Crippen LogP contribution >= 0.6 is 0 Å². The van der Waals surface area contributed by atoms with Gasteiger partial charge in [-0.3, -0.25) is 0 Å². The van der Waals surface area contributed by atoms with Crippen molar-refractivity contribution in [3.8, 4) is 11.6 Å². The molecule has 0 atom stereocenters. The zero-order valence-corrected chi connectivity index (χ0v) is 18.0. The van der Waals surface area contributed by atoms with Crippen LogP contribution in [0.5, 0.6) is 11.6 Å². The Bertz CT molecular complexity index is 1310. The van der Waals surface area contributed by atoms with Crippen LogP contribution in [0.15, 0.2) is 42.7 Å². The monoisotopic (exact) mass is 459 g/mol. The van der Waals surface area contributed by atoms with E-state index in [-0.39, 0.29) is 24.3 Å². The Morgan fingerprint density at radius 2 is 1.88 bits per heavy atom. The number of hydrogen-bond donors (Lipinski definition) is 1. The molecule has 0 spiro atoms. The van der Waals surface area contributed by atoms with Crippen molar-refractivity contribution in [2.45, 2.75) is 32.7 Å². The largest absolute Gasteiger partial charge is 0.458 e. The second kappa shape index (κ2) is 8.70. The minimum atomic E-state index is -4.48. The maximum atomic E-state index is 12.8. The van der Waals surface area contributed by atoms with E-state index < -0.39 is 17.7 Å². The summed E-state index contributed by atoms with van der Waals surface area (Å²) in [7, 11) is 1.51. The average Bonchev–Trinajstić information content (AvgIpc) is 3.11. The van der Waals surface area contributed by atoms with Crippen molar-refractivity contribution < 1.29 is 32.2 Å². The summed E-state index contributed by atoms with van der Waals surface area (Å²) in [5, 5.41) is 1.44. The van der Waals surface area contributed by atoms with E-state index in [0.29, 0.717) is 28.4 Å². The first-order chi connectivity index (χ1) is 15.7. The molecule has 1 N–H and O–H groups in total. The van der Waals surface area contributed by atoms with Gasteiger partial charge in [-0.25, -0.2) is 14.8 Å². The lowest BCUT2D eigenvalue weighted by Crippen LogP contribution is -2.15. The van der Waals surface area contributed by atoms with E-state index in [1.54, 1.807) is 38.2 Å². The molecule has 0 bridgehead atoms. The molecule has 10 heteroatoms. The maximum absolute atomic E-state index is 12.8. The number of aromatic amines is 1. The van der Waals surface area contributed by atoms with Gasteiger partial charge in [-0.05, 0) is 38.1 Å². The van der Waals surface area contributed by atoms with Crippen LogP contribution in [-0.4, -0.2) is 34.1 Å². The number of ether oxygens (including phenoxy) is 3. The number of esters is 1. The number of hydrogen-bond acceptors (Lipinski definition) is 6. The predicted molar refractivity (Wildman–Crippen MR) is 114 cm³/mol. The van der Waals surface area contributed by atoms with Gasteiger partial charge in [-0.2, -0.15) is 13.2 Å². The van der Waals surface area contributed by atoms with E-state index in [2.05, 4.69) is 15.0 Å². The minimum Gasteiger partial charge on any atom is -0.458 e. The molecule has 4 aromatic rings. The molecule has 4 rings (SSSR count). The highest BCUT2D eigenvalue weighted by atomic mass is 19.4. The van der Waals surface area contributed by atoms with Gasteiger partial charge in [0.25, 0.3) is 0 Å². The summed E-state index contributed by atoms with van der Waals surface area (Å²) in [6.45, 7) is 3.61. The molecule has 0 unspecified atom stereocenters. The van der Waals surface area contributed by atoms with Crippen LogP contribution < -0.4 is 4.74 Å². The topological polar surface area (TPSA) is 86.3 Å². The van der Waals surface area contributed by atoms with E-state index in [0.717, 1.165) is 23.0 Å². The molecule has 0 aliphatic rings. The molecular formula is C23H20F3N3O4. The number of rotatable bonds is 6. The number of alkyl halides is 3. The Kier molecular flexibility index (Phi) is 5.94. The number of fused-ring (bicyclic) bond motifs is 3. The summed E-state index contributed by atoms with van der Waals surface area (Å²) in [4.78, 5) is 23.8. The van der Waals surface area contributed by atoms with Crippen LogP contribution in [0.4, 0.5) is 13.2 Å². The molecule has 172 valence electrons. The minimum absolute atomic E-state index is 0.0159. The molecule has 0 aliphatic heterocycles. The number of pyridine rings is 2. The molecule has 33 heavy (non-hydrogen) atoms. The Morgan fingerprint density at radius 1 is 1.09 bits per heavy atom. The Labute approximate surface area is 186 Å². The van der Waals surface area contributed by atoms with Gasteiger partial charge in [0.15, 0.2) is 5.69 Å². The lowest BCUT2D eigenvalue weighted by atomic mass is 10.1. The second-order valence-electron chi connectivity index (χ2n) is 7.58. The number of aromatic nitrogens is 3. The van der Waals surface area contributed by atoms with Gasteiger partial charge in [0.05, 0.1) is 30.0 Å². The molecule has 0 saturated heterocycles. The quantitative estimate of drug-likeness (QED) is 0.376. The van der Waals surface area contributed by atoms with E-state index in [1.165, 1.54) is 7.11 Å². The number of carbonyl (C=O) groups is 1. The summed E-state index contributed by atoms with van der Waals surface area (Å²) < 4.78 is 54.6. The first-order valence-corrected chi connectivity index (χ1v) is 10.0. The van der Waals surface area contributed by atoms with Gasteiger partial charge in [-0.1, -0.05) is 0 Å². The molecule has 3 aromatic heterocycles. The van der Waals surface area contributed by atoms with Crippen molar-refractivity contribution in [1.82, 2.24) is 15.0 Å². The third kappa shape index (κ3) is 4.61. The fraction of sp³-hybridized carbons (Fsp3) is 0.261. The van der Waals surface area contributed by atoms with Crippen LogP contribution in [0.3, 0.4) is 0 Å². The highest BCUT2D eigenvalue weighted by Crippen LogP contribution is 2.34. The summed E-state index contributed by atoms with van der Waals surface area (Å²) >= 11 is 0. The van der Waals surface area contributed by atoms with E-state index in [1.807, 2.05) is 0 Å². The lowest BCUT2D eigenvalue weighted by Gasteiger charge is -2.12. The van der Waals surface area contributed by atoms with Crippen molar-refractivity contribution >= 4 is 27.8 Å². The fourth-order valence-corrected chi connectivity index (χ4v) is 3.46. The number of H-pyrrole nitrogens is 1. The van der Waals surface area contributed by atoms with Gasteiger partial charge in [0.1, 0.15) is 5.75 Å². The van der Waals surface area contributed by atoms with Crippen molar-refractivity contribution in [3.05, 3.63) is 59.5 Å². The number of methoxy groups -OCH3 is 1. The number of nitrogens with one attached hydrogen (secondary N) is 1. The molecule has 0 radical (unpaired) electrons. The zero-order valence-electron chi connectivity index (χ0n) is 18.0. The van der Waals surface area contributed by atoms with Crippen LogP contribution in [0.25, 0.3) is 21.8 Å². The maximum Gasteiger partial charge on any atom is 0.417 e. The lowest BCUT2D eigenvalue weighted by molar-refractivity contribution is -0.137. The van der Waals surface area contributed by atoms with E-state index >= 15 is 0 Å². The summed E-state index contributed by atoms with van der Waals surface area (Å²) in [5.41, 5.74) is 1.28. The van der Waals surface area contributed by atoms with Crippen molar-refractivity contribution in [2.24, 2.45) is 0 Å². The van der Waals surface area contributed by atoms with Crippen molar-refractivity contribution in [1.29, 1.82) is 0 Å². The summed E-state index contributed by atoms with van der Waals surface area (Å²) in [6.07, 6.45) is -2.53. The third-order valence-corrected chi connectivity index (χ3v) is 4.82. The standard InChI is InChI=1S/C23H20F3N3O4/c1-12(2)32-22(30)21-16(11-31-3)20-15-8-14(5-6-17(15)29-18(20)10-28-21)33-19-7-4-13(9-27-19)23(24,25)26/h4-10,12,29H,11H2,1-3H3. The SMILES string of the molecule is COCc1c(C(=O)OC(C)C)ncc2[nH]c3ccc(Oc4ccc(C(F)(F)F)cn4)cc3c12. The second-order valence-corrected chi connectivity index (χ2v) is 7.58. The average molecular weight is 459 g/mol. The molecule has 7 nitrogen and oxygen atoms in total. The molecule has 0 fully saturated rings. The Hall–Kier alpha value is -3.66. The van der Waals surface area contributed by atoms with Gasteiger partial charge in [-0.15, -0.1) is 0 Å². The first-order valence-electron chi connectivity index (χ1n) is 10.0. The summed E-state index contributed by atoms with van der Waals surface area (Å²) in [6, 6.07) is 7.19. The van der Waals surface area contributed by atoms with Gasteiger partial charge >= 0.3 is 12.1 Å². The first kappa shape index (κ1) is 22.5. The zero-order chi connectivity index (χ0) is 23.8. The summed E-state index contributed by atoms with van der Waals surface area (Å²) in [5.74, 6) is -0.182. The van der Waals surface area contributed by atoms with Gasteiger partial charge < -0.3 is 19.2 Å². The highest BCUT2D eigenvalue weighted by Gasteiger charge is 2.30. The van der Waals surface area contributed by atoms with E-state index in [9.17, 15) is 18.0 Å². The van der Waals surface area contributed by atoms with Gasteiger partial charge in [0, 0.05) is 41.2 Å². The molecule has 3 heterocycles. The highest BCUT2D eigenvalue weighted by molar-refractivity contribution is 6.11. The molecule has 0 amide bonds. The van der Waals surface area contributed by atoms with Gasteiger partial charge in [0.2, 0.25) is 5.88 Å². The van der Waals surface area contributed by atoms with Crippen LogP contribution in [0, 0.1) is 0 Å². The smallest absolute Gasteiger partial charge is 0.417 e. The number of halogens is 3. The van der Waals surface area contributed by atoms with Crippen LogP contribution in [-0.2, 0) is 22.3 Å². The van der Waals surface area contributed by atoms with Crippen LogP contribution in [0.1, 0.15) is 35.5 Å². The third-order valence-electron chi connectivity index (χ3n) is 4.82. The van der Waals surface area contributed by atoms with Crippen molar-refractivity contribution in [2.75, 3.05) is 7.11 Å². The Morgan fingerprint density at radius 3 is 2.52 bits per heavy atom. The normalized spacial score (nSPS) is 12.0. The predicted octanol–water partition coefficient (Wildman–Crippen LogP) is 5.63. The molecular weight excluding hydrogens is 439 g/mol. The molecule has 0 saturated carbocycles. The molecule has 0 aliphatic carbocycles. The van der Waals surface area contributed by atoms with Crippen LogP contribution in [0.2, 0.25) is 0 Å². The Balaban J connectivity index is 1.77. The molecule has 1 aromatic carbocycles. The fourth-order valence-electron chi connectivity index (χ4n) is 3.46. The number of carbonyl (C=O) groups excluding carboxylic acids is 1. The van der Waals surface area contributed by atoms with Crippen molar-refractivity contribution in [3.63, 3.8) is 0 Å². The number of benzene rings is 1. The van der Waals surface area contributed by atoms with E-state index in [4.69, 9.17) is 14.2 Å².